The smallest absolute Gasteiger partial charge is 0.335 e. The molecule has 0 aliphatic heterocycles. The van der Waals surface area contributed by atoms with Crippen LogP contribution in [0.2, 0.25) is 0 Å². The van der Waals surface area contributed by atoms with E-state index in [1.54, 1.807) is 32.2 Å². The lowest BCUT2D eigenvalue weighted by Crippen LogP contribution is -2.36. The molecular formula is C32H29N7O6. The van der Waals surface area contributed by atoms with E-state index >= 15 is 0 Å². The number of benzene rings is 2. The number of carboxylic acid groups (broad SMARTS) is 1. The number of hydrogen-bond acceptors (Lipinski definition) is 9. The Labute approximate surface area is 256 Å². The quantitative estimate of drug-likeness (QED) is 0.148. The standard InChI is InChI=1S/C32H29N7O6/c1-16-19-8-9-22(21(19)7-6-20(16)32(44)45)38-31(43)24-13-23(37-25-10-11-36-39(24)25)30(42)35-15-18-5-3-4-17(12-18)14-34-27-26(33-2)28(40)29(27)41/h3-7,10-13,22,33-34H,8-9,14-15H2,1-2H3,(H,35,42)(H,38,43)(H,44,45)/t22-/m0/s1. The molecular weight excluding hydrogens is 578 g/mol. The van der Waals surface area contributed by atoms with Gasteiger partial charge >= 0.3 is 5.97 Å². The van der Waals surface area contributed by atoms with Gasteiger partial charge in [-0.1, -0.05) is 30.3 Å². The molecule has 0 saturated heterocycles. The van der Waals surface area contributed by atoms with E-state index in [2.05, 4.69) is 31.3 Å². The third-order valence-corrected chi connectivity index (χ3v) is 8.13. The Balaban J connectivity index is 1.15. The van der Waals surface area contributed by atoms with Crippen molar-refractivity contribution in [1.82, 2.24) is 25.2 Å². The van der Waals surface area contributed by atoms with Gasteiger partial charge in [0.05, 0.1) is 17.8 Å². The largest absolute Gasteiger partial charge is 0.478 e. The summed E-state index contributed by atoms with van der Waals surface area (Å²) in [5.41, 5.74) is 4.29. The number of aromatic carboxylic acids is 1. The van der Waals surface area contributed by atoms with Crippen LogP contribution in [0.25, 0.3) is 5.65 Å². The van der Waals surface area contributed by atoms with Gasteiger partial charge in [-0.25, -0.2) is 14.3 Å². The van der Waals surface area contributed by atoms with Crippen molar-refractivity contribution in [2.24, 2.45) is 0 Å². The van der Waals surface area contributed by atoms with E-state index in [1.165, 1.54) is 16.8 Å². The van der Waals surface area contributed by atoms with Crippen molar-refractivity contribution in [3.8, 4) is 0 Å². The van der Waals surface area contributed by atoms with Gasteiger partial charge in [-0.15, -0.1) is 0 Å². The van der Waals surface area contributed by atoms with Crippen molar-refractivity contribution in [2.75, 3.05) is 17.7 Å². The summed E-state index contributed by atoms with van der Waals surface area (Å²) in [6, 6.07) is 13.4. The second-order valence-electron chi connectivity index (χ2n) is 10.8. The second kappa shape index (κ2) is 11.7. The SMILES string of the molecule is CNc1c(NCc2cccc(CNC(=O)c3cc(C(=O)N[C@H]4CCc5c4ccc(C(=O)O)c5C)n4nccc4n3)c2)c(=O)c1=O. The van der Waals surface area contributed by atoms with Gasteiger partial charge in [-0.3, -0.25) is 19.2 Å². The lowest BCUT2D eigenvalue weighted by atomic mass is 9.98. The van der Waals surface area contributed by atoms with Crippen LogP contribution < -0.4 is 32.1 Å². The van der Waals surface area contributed by atoms with Crippen LogP contribution in [-0.4, -0.2) is 44.5 Å². The highest BCUT2D eigenvalue weighted by atomic mass is 16.4. The summed E-state index contributed by atoms with van der Waals surface area (Å²) >= 11 is 0. The number of hydrogen-bond donors (Lipinski definition) is 5. The summed E-state index contributed by atoms with van der Waals surface area (Å²) in [6.07, 6.45) is 2.74. The Bertz CT molecular complexity index is 2070. The van der Waals surface area contributed by atoms with E-state index in [1.807, 2.05) is 24.3 Å². The van der Waals surface area contributed by atoms with E-state index in [4.69, 9.17) is 0 Å². The summed E-state index contributed by atoms with van der Waals surface area (Å²) in [5, 5.41) is 25.2. The normalized spacial score (nSPS) is 13.9. The molecule has 1 atom stereocenters. The van der Waals surface area contributed by atoms with Crippen LogP contribution in [0.15, 0.2) is 64.3 Å². The first-order chi connectivity index (χ1) is 21.7. The lowest BCUT2D eigenvalue weighted by Gasteiger charge is -2.16. The zero-order valence-electron chi connectivity index (χ0n) is 24.4. The number of carboxylic acids is 1. The van der Waals surface area contributed by atoms with Gasteiger partial charge in [0.15, 0.2) is 5.65 Å². The van der Waals surface area contributed by atoms with Gasteiger partial charge in [0, 0.05) is 32.3 Å². The highest BCUT2D eigenvalue weighted by Gasteiger charge is 2.29. The third kappa shape index (κ3) is 5.39. The highest BCUT2D eigenvalue weighted by Crippen LogP contribution is 2.35. The predicted octanol–water partition coefficient (Wildman–Crippen LogP) is 2.33. The van der Waals surface area contributed by atoms with Gasteiger partial charge in [0.1, 0.15) is 22.8 Å². The first-order valence-corrected chi connectivity index (χ1v) is 14.3. The molecule has 2 amide bonds. The Morgan fingerprint density at radius 3 is 2.49 bits per heavy atom. The number of nitrogens with one attached hydrogen (secondary N) is 4. The Hall–Kier alpha value is -5.85. The van der Waals surface area contributed by atoms with Crippen molar-refractivity contribution < 1.29 is 19.5 Å². The number of amides is 2. The third-order valence-electron chi connectivity index (χ3n) is 8.13. The first kappa shape index (κ1) is 29.2. The lowest BCUT2D eigenvalue weighted by molar-refractivity contribution is 0.0695. The minimum atomic E-state index is -0.988. The average Bonchev–Trinajstić information content (AvgIpc) is 3.68. The minimum Gasteiger partial charge on any atom is -0.478 e. The zero-order chi connectivity index (χ0) is 31.8. The van der Waals surface area contributed by atoms with Crippen LogP contribution in [0.5, 0.6) is 0 Å². The van der Waals surface area contributed by atoms with Crippen LogP contribution in [-0.2, 0) is 19.5 Å². The molecule has 6 rings (SSSR count). The van der Waals surface area contributed by atoms with E-state index in [0.29, 0.717) is 30.6 Å². The Morgan fingerprint density at radius 1 is 0.978 bits per heavy atom. The van der Waals surface area contributed by atoms with Crippen LogP contribution in [0.3, 0.4) is 0 Å². The topological polar surface area (TPSA) is 184 Å². The van der Waals surface area contributed by atoms with Crippen LogP contribution in [0.1, 0.15) is 71.6 Å². The molecule has 2 heterocycles. The van der Waals surface area contributed by atoms with E-state index in [9.17, 15) is 29.1 Å². The van der Waals surface area contributed by atoms with Crippen molar-refractivity contribution in [2.45, 2.75) is 38.9 Å². The molecule has 3 aromatic carbocycles. The monoisotopic (exact) mass is 607 g/mol. The van der Waals surface area contributed by atoms with Crippen molar-refractivity contribution in [1.29, 1.82) is 0 Å². The maximum atomic E-state index is 13.5. The number of aromatic nitrogens is 3. The molecule has 45 heavy (non-hydrogen) atoms. The number of anilines is 2. The summed E-state index contributed by atoms with van der Waals surface area (Å²) in [5.74, 6) is -1.92. The average molecular weight is 608 g/mol. The fourth-order valence-electron chi connectivity index (χ4n) is 5.80. The van der Waals surface area contributed by atoms with Gasteiger partial charge in [0.2, 0.25) is 0 Å². The molecule has 1 aliphatic rings. The maximum absolute atomic E-state index is 13.5. The molecule has 0 fully saturated rings. The number of carbonyl (C=O) groups is 3. The van der Waals surface area contributed by atoms with Crippen LogP contribution in [0.4, 0.5) is 11.4 Å². The van der Waals surface area contributed by atoms with Crippen LogP contribution >= 0.6 is 0 Å². The number of fused-ring (bicyclic) bond motifs is 2. The fourth-order valence-corrected chi connectivity index (χ4v) is 5.80. The molecule has 5 N–H and O–H groups in total. The molecule has 13 heteroatoms. The van der Waals surface area contributed by atoms with E-state index < -0.39 is 28.6 Å². The Morgan fingerprint density at radius 2 is 1.73 bits per heavy atom. The molecule has 0 saturated carbocycles. The fraction of sp³-hybridized carbons (Fsp3) is 0.219. The molecule has 2 aromatic heterocycles. The molecule has 0 radical (unpaired) electrons. The molecule has 228 valence electrons. The summed E-state index contributed by atoms with van der Waals surface area (Å²) < 4.78 is 1.37. The van der Waals surface area contributed by atoms with Crippen molar-refractivity contribution in [3.63, 3.8) is 0 Å². The van der Waals surface area contributed by atoms with E-state index in [-0.39, 0.29) is 40.9 Å². The molecule has 0 spiro atoms. The summed E-state index contributed by atoms with van der Waals surface area (Å²) in [7, 11) is 1.58. The van der Waals surface area contributed by atoms with E-state index in [0.717, 1.165) is 22.3 Å². The number of rotatable bonds is 10. The number of nitrogens with zero attached hydrogens (tertiary/aromatic N) is 3. The maximum Gasteiger partial charge on any atom is 0.335 e. The molecule has 0 unspecified atom stereocenters. The second-order valence-corrected chi connectivity index (χ2v) is 10.8. The van der Waals surface area contributed by atoms with Gasteiger partial charge in [-0.2, -0.15) is 5.10 Å². The number of carbonyl (C=O) groups excluding carboxylic acids is 2. The van der Waals surface area contributed by atoms with Crippen LogP contribution in [0, 0.1) is 6.92 Å². The Kier molecular flexibility index (Phi) is 7.59. The van der Waals surface area contributed by atoms with Gasteiger partial charge < -0.3 is 26.4 Å². The summed E-state index contributed by atoms with van der Waals surface area (Å²) in [4.78, 5) is 66.1. The van der Waals surface area contributed by atoms with Gasteiger partial charge in [-0.05, 0) is 53.6 Å². The minimum absolute atomic E-state index is 0.0411. The zero-order valence-corrected chi connectivity index (χ0v) is 24.4. The first-order valence-electron chi connectivity index (χ1n) is 14.3. The highest BCUT2D eigenvalue weighted by molar-refractivity contribution is 5.98. The molecule has 1 aliphatic carbocycles. The molecule has 13 nitrogen and oxygen atoms in total. The van der Waals surface area contributed by atoms with Crippen molar-refractivity contribution >= 4 is 34.8 Å². The molecule has 0 bridgehead atoms. The predicted molar refractivity (Wildman–Crippen MR) is 165 cm³/mol. The molecule has 5 aromatic rings. The van der Waals surface area contributed by atoms with Gasteiger partial charge in [0.25, 0.3) is 22.7 Å². The summed E-state index contributed by atoms with van der Waals surface area (Å²) in [6.45, 7) is 2.27. The van der Waals surface area contributed by atoms with Crippen molar-refractivity contribution in [3.05, 3.63) is 120 Å².